The largest absolute Gasteiger partial charge is 0.265 e. The molecule has 2 rings (SSSR count). The first-order valence-electron chi connectivity index (χ1n) is 4.69. The van der Waals surface area contributed by atoms with E-state index in [2.05, 4.69) is 10.1 Å². The second-order valence-electron chi connectivity index (χ2n) is 3.41. The second-order valence-corrected chi connectivity index (χ2v) is 3.41. The van der Waals surface area contributed by atoms with Crippen LogP contribution in [0.25, 0.3) is 11.3 Å². The number of hydrogen-bond donors (Lipinski definition) is 0. The maximum absolute atomic E-state index is 13.8. The van der Waals surface area contributed by atoms with E-state index in [9.17, 15) is 4.39 Å². The molecule has 0 unspecified atom stereocenters. The van der Waals surface area contributed by atoms with Crippen molar-refractivity contribution in [3.8, 4) is 17.3 Å². The number of nitrogens with zero attached hydrogens (tertiary/aromatic N) is 4. The summed E-state index contributed by atoms with van der Waals surface area (Å²) in [7, 11) is 1.66. The molecule has 0 bridgehead atoms. The first kappa shape index (κ1) is 10.3. The molecule has 0 aliphatic rings. The predicted octanol–water partition coefficient (Wildman–Crippen LogP) is 1.80. The van der Waals surface area contributed by atoms with Gasteiger partial charge in [-0.1, -0.05) is 0 Å². The van der Waals surface area contributed by atoms with Crippen LogP contribution in [0.2, 0.25) is 0 Å². The zero-order chi connectivity index (χ0) is 11.7. The Balaban J connectivity index is 2.63. The van der Waals surface area contributed by atoms with Gasteiger partial charge in [-0.2, -0.15) is 10.4 Å². The van der Waals surface area contributed by atoms with Crippen molar-refractivity contribution < 1.29 is 4.39 Å². The highest BCUT2D eigenvalue weighted by molar-refractivity contribution is 5.61. The van der Waals surface area contributed by atoms with Gasteiger partial charge < -0.3 is 0 Å². The van der Waals surface area contributed by atoms with Crippen LogP contribution in [0.15, 0.2) is 18.3 Å². The summed E-state index contributed by atoms with van der Waals surface area (Å²) in [5.74, 6) is -0.363. The number of rotatable bonds is 1. The Morgan fingerprint density at radius 1 is 1.50 bits per heavy atom. The number of nitriles is 1. The molecular formula is C11H9FN4. The molecule has 16 heavy (non-hydrogen) atoms. The molecule has 0 amide bonds. The SMILES string of the molecule is Cc1nn(C)c(-c2ccnc(C#N)c2)c1F. The predicted molar refractivity (Wildman–Crippen MR) is 55.8 cm³/mol. The summed E-state index contributed by atoms with van der Waals surface area (Å²) >= 11 is 0. The van der Waals surface area contributed by atoms with Crippen LogP contribution < -0.4 is 0 Å². The Bertz CT molecular complexity index is 580. The molecule has 2 aromatic rings. The molecule has 0 radical (unpaired) electrons. The van der Waals surface area contributed by atoms with Gasteiger partial charge in [0.1, 0.15) is 17.5 Å². The zero-order valence-corrected chi connectivity index (χ0v) is 8.90. The minimum absolute atomic E-state index is 0.260. The molecule has 0 fully saturated rings. The Labute approximate surface area is 92.0 Å². The molecule has 0 aliphatic heterocycles. The second kappa shape index (κ2) is 3.74. The number of pyridine rings is 1. The Hall–Kier alpha value is -2.22. The highest BCUT2D eigenvalue weighted by Gasteiger charge is 2.15. The normalized spacial score (nSPS) is 10.1. The van der Waals surface area contributed by atoms with Crippen LogP contribution in [0.5, 0.6) is 0 Å². The van der Waals surface area contributed by atoms with Crippen molar-refractivity contribution in [3.05, 3.63) is 35.5 Å². The highest BCUT2D eigenvalue weighted by atomic mass is 19.1. The van der Waals surface area contributed by atoms with Crippen molar-refractivity contribution in [3.63, 3.8) is 0 Å². The molecule has 80 valence electrons. The summed E-state index contributed by atoms with van der Waals surface area (Å²) in [5, 5.41) is 12.7. The van der Waals surface area contributed by atoms with Crippen LogP contribution in [-0.4, -0.2) is 14.8 Å². The summed E-state index contributed by atoms with van der Waals surface area (Å²) < 4.78 is 15.2. The van der Waals surface area contributed by atoms with Gasteiger partial charge in [-0.3, -0.25) is 4.68 Å². The molecule has 4 nitrogen and oxygen atoms in total. The van der Waals surface area contributed by atoms with Gasteiger partial charge in [-0.05, 0) is 19.1 Å². The average molecular weight is 216 g/mol. The van der Waals surface area contributed by atoms with Crippen molar-refractivity contribution in [2.24, 2.45) is 7.05 Å². The first-order valence-corrected chi connectivity index (χ1v) is 4.69. The van der Waals surface area contributed by atoms with Crippen LogP contribution in [-0.2, 0) is 7.05 Å². The van der Waals surface area contributed by atoms with Gasteiger partial charge in [-0.15, -0.1) is 0 Å². The molecule has 5 heteroatoms. The van der Waals surface area contributed by atoms with Crippen LogP contribution in [0.1, 0.15) is 11.4 Å². The number of aryl methyl sites for hydroxylation is 2. The van der Waals surface area contributed by atoms with Crippen LogP contribution >= 0.6 is 0 Å². The van der Waals surface area contributed by atoms with E-state index in [1.165, 1.54) is 10.9 Å². The monoisotopic (exact) mass is 216 g/mol. The first-order chi connectivity index (χ1) is 7.63. The molecule has 0 N–H and O–H groups in total. The van der Waals surface area contributed by atoms with Crippen LogP contribution in [0.4, 0.5) is 4.39 Å². The van der Waals surface area contributed by atoms with Gasteiger partial charge in [0, 0.05) is 18.8 Å². The van der Waals surface area contributed by atoms with Crippen LogP contribution in [0, 0.1) is 24.1 Å². The fraction of sp³-hybridized carbons (Fsp3) is 0.182. The third-order valence-electron chi connectivity index (χ3n) is 2.30. The topological polar surface area (TPSA) is 54.5 Å². The maximum Gasteiger partial charge on any atom is 0.171 e. The van der Waals surface area contributed by atoms with Crippen molar-refractivity contribution >= 4 is 0 Å². The smallest absolute Gasteiger partial charge is 0.171 e. The van der Waals surface area contributed by atoms with E-state index >= 15 is 0 Å². The van der Waals surface area contributed by atoms with Crippen molar-refractivity contribution in [1.29, 1.82) is 5.26 Å². The molecule has 2 heterocycles. The fourth-order valence-electron chi connectivity index (χ4n) is 1.58. The number of aromatic nitrogens is 3. The van der Waals surface area contributed by atoms with E-state index < -0.39 is 0 Å². The van der Waals surface area contributed by atoms with Crippen molar-refractivity contribution in [2.45, 2.75) is 6.92 Å². The van der Waals surface area contributed by atoms with Gasteiger partial charge in [-0.25, -0.2) is 9.37 Å². The van der Waals surface area contributed by atoms with E-state index in [4.69, 9.17) is 5.26 Å². The van der Waals surface area contributed by atoms with E-state index in [1.807, 2.05) is 6.07 Å². The fourth-order valence-corrected chi connectivity index (χ4v) is 1.58. The zero-order valence-electron chi connectivity index (χ0n) is 8.90. The lowest BCUT2D eigenvalue weighted by molar-refractivity contribution is 0.621. The molecule has 0 saturated heterocycles. The lowest BCUT2D eigenvalue weighted by Gasteiger charge is -2.01. The minimum Gasteiger partial charge on any atom is -0.265 e. The summed E-state index contributed by atoms with van der Waals surface area (Å²) in [5.41, 5.74) is 1.58. The van der Waals surface area contributed by atoms with Crippen LogP contribution in [0.3, 0.4) is 0 Å². The van der Waals surface area contributed by atoms with E-state index in [-0.39, 0.29) is 11.5 Å². The van der Waals surface area contributed by atoms with Gasteiger partial charge >= 0.3 is 0 Å². The molecule has 0 aromatic carbocycles. The number of halogens is 1. The lowest BCUT2D eigenvalue weighted by Crippen LogP contribution is -1.95. The third kappa shape index (κ3) is 1.54. The molecule has 0 spiro atoms. The van der Waals surface area contributed by atoms with Gasteiger partial charge in [0.05, 0.1) is 5.69 Å². The third-order valence-corrected chi connectivity index (χ3v) is 2.30. The average Bonchev–Trinajstić information content (AvgIpc) is 2.53. The van der Waals surface area contributed by atoms with Crippen molar-refractivity contribution in [1.82, 2.24) is 14.8 Å². The molecule has 0 atom stereocenters. The van der Waals surface area contributed by atoms with E-state index in [0.717, 1.165) is 0 Å². The highest BCUT2D eigenvalue weighted by Crippen LogP contribution is 2.23. The molecule has 0 aliphatic carbocycles. The molecule has 0 saturated carbocycles. The quantitative estimate of drug-likeness (QED) is 0.730. The standard InChI is InChI=1S/C11H9FN4/c1-7-10(12)11(16(2)15-7)8-3-4-14-9(5-8)6-13/h3-5H,1-2H3. The number of hydrogen-bond acceptors (Lipinski definition) is 3. The molecular weight excluding hydrogens is 207 g/mol. The van der Waals surface area contributed by atoms with E-state index in [0.29, 0.717) is 17.0 Å². The lowest BCUT2D eigenvalue weighted by atomic mass is 10.1. The van der Waals surface area contributed by atoms with Crippen molar-refractivity contribution in [2.75, 3.05) is 0 Å². The summed E-state index contributed by atoms with van der Waals surface area (Å²) in [6, 6.07) is 5.11. The Morgan fingerprint density at radius 2 is 2.25 bits per heavy atom. The summed E-state index contributed by atoms with van der Waals surface area (Å²) in [6.45, 7) is 1.60. The maximum atomic E-state index is 13.8. The van der Waals surface area contributed by atoms with Gasteiger partial charge in [0.15, 0.2) is 5.82 Å². The van der Waals surface area contributed by atoms with Gasteiger partial charge in [0.2, 0.25) is 0 Å². The Morgan fingerprint density at radius 3 is 2.81 bits per heavy atom. The Kier molecular flexibility index (Phi) is 2.41. The minimum atomic E-state index is -0.363. The van der Waals surface area contributed by atoms with E-state index in [1.54, 1.807) is 26.1 Å². The summed E-state index contributed by atoms with van der Waals surface area (Å²) in [6.07, 6.45) is 1.48. The van der Waals surface area contributed by atoms with Gasteiger partial charge in [0.25, 0.3) is 0 Å². The molecule has 2 aromatic heterocycles. The summed E-state index contributed by atoms with van der Waals surface area (Å²) in [4.78, 5) is 3.84.